The highest BCUT2D eigenvalue weighted by atomic mass is 32.2. The third-order valence-corrected chi connectivity index (χ3v) is 8.46. The van der Waals surface area contributed by atoms with Crippen LogP contribution in [-0.2, 0) is 24.3 Å². The Morgan fingerprint density at radius 2 is 1.75 bits per heavy atom. The van der Waals surface area contributed by atoms with Gasteiger partial charge in [0.05, 0.1) is 37.6 Å². The molecule has 2 N–H and O–H groups in total. The number of nitrogens with zero attached hydrogens (tertiary/aromatic N) is 2. The second-order valence-electron chi connectivity index (χ2n) is 9.82. The zero-order valence-corrected chi connectivity index (χ0v) is 23.2. The van der Waals surface area contributed by atoms with Crippen LogP contribution in [0.4, 0.5) is 22.7 Å². The molecule has 2 fully saturated rings. The van der Waals surface area contributed by atoms with Crippen molar-refractivity contribution in [1.29, 1.82) is 0 Å². The quantitative estimate of drug-likeness (QED) is 0.429. The van der Waals surface area contributed by atoms with Crippen molar-refractivity contribution in [3.8, 4) is 5.75 Å². The number of anilines is 4. The number of morpholine rings is 1. The minimum absolute atomic E-state index is 0.0156. The van der Waals surface area contributed by atoms with E-state index in [4.69, 9.17) is 9.47 Å². The van der Waals surface area contributed by atoms with Crippen molar-refractivity contribution in [3.05, 3.63) is 72.3 Å². The van der Waals surface area contributed by atoms with Crippen molar-refractivity contribution < 1.29 is 27.5 Å². The van der Waals surface area contributed by atoms with E-state index in [1.807, 2.05) is 36.1 Å². The van der Waals surface area contributed by atoms with Crippen molar-refractivity contribution in [2.24, 2.45) is 5.92 Å². The maximum Gasteiger partial charge on any atom is 0.264 e. The highest BCUT2D eigenvalue weighted by Gasteiger charge is 2.35. The number of carbonyl (C=O) groups excluding carboxylic acids is 2. The molecule has 0 aliphatic carbocycles. The lowest BCUT2D eigenvalue weighted by molar-refractivity contribution is -0.122. The lowest BCUT2D eigenvalue weighted by Gasteiger charge is -2.30. The average Bonchev–Trinajstić information content (AvgIpc) is 3.35. The van der Waals surface area contributed by atoms with Gasteiger partial charge in [0.25, 0.3) is 10.0 Å². The number of hydrogen-bond acceptors (Lipinski definition) is 7. The number of ether oxygens (including phenoxy) is 2. The van der Waals surface area contributed by atoms with Crippen molar-refractivity contribution in [1.82, 2.24) is 0 Å². The molecule has 2 heterocycles. The Kier molecular flexibility index (Phi) is 7.95. The van der Waals surface area contributed by atoms with Gasteiger partial charge < -0.3 is 24.6 Å². The maximum absolute atomic E-state index is 13.7. The third-order valence-electron chi connectivity index (χ3n) is 7.06. The van der Waals surface area contributed by atoms with Crippen LogP contribution in [0.15, 0.2) is 71.6 Å². The fourth-order valence-corrected chi connectivity index (χ4v) is 6.23. The van der Waals surface area contributed by atoms with E-state index in [-0.39, 0.29) is 29.7 Å². The molecule has 2 aliphatic rings. The summed E-state index contributed by atoms with van der Waals surface area (Å²) in [5.74, 6) is -0.661. The van der Waals surface area contributed by atoms with E-state index in [1.54, 1.807) is 41.3 Å². The summed E-state index contributed by atoms with van der Waals surface area (Å²) in [5, 5.41) is 2.84. The summed E-state index contributed by atoms with van der Waals surface area (Å²) in [7, 11) is -2.62. The molecule has 210 valence electrons. The largest absolute Gasteiger partial charge is 0.495 e. The Morgan fingerprint density at radius 3 is 2.48 bits per heavy atom. The lowest BCUT2D eigenvalue weighted by atomic mass is 10.1. The highest BCUT2D eigenvalue weighted by Crippen LogP contribution is 2.33. The molecule has 3 aromatic carbocycles. The summed E-state index contributed by atoms with van der Waals surface area (Å²) in [5.41, 5.74) is 2.95. The topological polar surface area (TPSA) is 117 Å². The summed E-state index contributed by atoms with van der Waals surface area (Å²) in [4.78, 5) is 29.5. The predicted octanol–water partition coefficient (Wildman–Crippen LogP) is 3.63. The first kappa shape index (κ1) is 27.5. The van der Waals surface area contributed by atoms with Gasteiger partial charge in [-0.05, 0) is 49.4 Å². The van der Waals surface area contributed by atoms with Gasteiger partial charge in [0, 0.05) is 37.4 Å². The normalized spacial score (nSPS) is 17.6. The molecule has 0 radical (unpaired) electrons. The molecular formula is C29H32N4O6S. The van der Waals surface area contributed by atoms with Crippen LogP contribution in [0.2, 0.25) is 0 Å². The Hall–Kier alpha value is -4.09. The summed E-state index contributed by atoms with van der Waals surface area (Å²) in [6, 6.07) is 19.1. The fourth-order valence-electron chi connectivity index (χ4n) is 4.90. The molecule has 40 heavy (non-hydrogen) atoms. The second-order valence-corrected chi connectivity index (χ2v) is 11.5. The molecule has 0 aromatic heterocycles. The van der Waals surface area contributed by atoms with Gasteiger partial charge in [0.15, 0.2) is 0 Å². The number of aryl methyl sites for hydroxylation is 1. The SMILES string of the molecule is COc1ccccc1NS(=O)(=O)c1cc(NC(=O)[C@H]2CC(=O)N(c3ccc(C)cc3)C2)ccc1N1CCOCC1. The number of para-hydroxylation sites is 2. The van der Waals surface area contributed by atoms with Crippen LogP contribution in [-0.4, -0.2) is 60.2 Å². The number of methoxy groups -OCH3 is 1. The first-order chi connectivity index (χ1) is 19.2. The minimum atomic E-state index is -4.09. The first-order valence-electron chi connectivity index (χ1n) is 13.1. The number of nitrogens with one attached hydrogen (secondary N) is 2. The van der Waals surface area contributed by atoms with E-state index in [0.717, 1.165) is 11.3 Å². The Morgan fingerprint density at radius 1 is 1.02 bits per heavy atom. The molecule has 5 rings (SSSR count). The van der Waals surface area contributed by atoms with Crippen LogP contribution in [0.1, 0.15) is 12.0 Å². The van der Waals surface area contributed by atoms with E-state index < -0.39 is 15.9 Å². The molecule has 2 saturated heterocycles. The predicted molar refractivity (Wildman–Crippen MR) is 154 cm³/mol. The summed E-state index contributed by atoms with van der Waals surface area (Å²) >= 11 is 0. The molecule has 0 bridgehead atoms. The van der Waals surface area contributed by atoms with Crippen molar-refractivity contribution >= 4 is 44.6 Å². The van der Waals surface area contributed by atoms with Gasteiger partial charge in [-0.25, -0.2) is 8.42 Å². The minimum Gasteiger partial charge on any atom is -0.495 e. The molecule has 1 atom stereocenters. The van der Waals surface area contributed by atoms with Gasteiger partial charge >= 0.3 is 0 Å². The van der Waals surface area contributed by atoms with Gasteiger partial charge in [-0.2, -0.15) is 0 Å². The average molecular weight is 565 g/mol. The standard InChI is InChI=1S/C29H32N4O6S/c1-20-7-10-23(11-8-20)33-19-21(17-28(33)34)29(35)30-22-9-12-25(32-13-15-39-16-14-32)27(18-22)40(36,37)31-24-5-3-4-6-26(24)38-2/h3-12,18,21,31H,13-17,19H2,1-2H3,(H,30,35)/t21-/m0/s1. The zero-order valence-electron chi connectivity index (χ0n) is 22.4. The molecule has 2 aliphatic heterocycles. The third kappa shape index (κ3) is 5.90. The van der Waals surface area contributed by atoms with Crippen LogP contribution in [0.5, 0.6) is 5.75 Å². The molecule has 0 spiro atoms. The first-order valence-corrected chi connectivity index (χ1v) is 14.5. The van der Waals surface area contributed by atoms with Crippen molar-refractivity contribution in [2.75, 3.05) is 59.8 Å². The van der Waals surface area contributed by atoms with E-state index in [0.29, 0.717) is 49.1 Å². The molecule has 0 unspecified atom stereocenters. The Balaban J connectivity index is 1.40. The molecule has 10 nitrogen and oxygen atoms in total. The van der Waals surface area contributed by atoms with Crippen LogP contribution in [0, 0.1) is 12.8 Å². The second kappa shape index (κ2) is 11.6. The zero-order chi connectivity index (χ0) is 28.3. The van der Waals surface area contributed by atoms with Gasteiger partial charge in [-0.3, -0.25) is 14.3 Å². The van der Waals surface area contributed by atoms with Crippen LogP contribution in [0.25, 0.3) is 0 Å². The Labute approximate surface area is 233 Å². The van der Waals surface area contributed by atoms with E-state index >= 15 is 0 Å². The summed E-state index contributed by atoms with van der Waals surface area (Å²) < 4.78 is 40.8. The highest BCUT2D eigenvalue weighted by molar-refractivity contribution is 7.93. The van der Waals surface area contributed by atoms with Crippen LogP contribution >= 0.6 is 0 Å². The van der Waals surface area contributed by atoms with E-state index in [2.05, 4.69) is 10.0 Å². The monoisotopic (exact) mass is 564 g/mol. The van der Waals surface area contributed by atoms with Gasteiger partial charge in [-0.1, -0.05) is 29.8 Å². The van der Waals surface area contributed by atoms with Gasteiger partial charge in [-0.15, -0.1) is 0 Å². The van der Waals surface area contributed by atoms with Gasteiger partial charge in [0.1, 0.15) is 10.6 Å². The van der Waals surface area contributed by atoms with Crippen LogP contribution in [0.3, 0.4) is 0 Å². The molecular weight excluding hydrogens is 532 g/mol. The summed E-state index contributed by atoms with van der Waals surface area (Å²) in [6.45, 7) is 4.23. The number of carbonyl (C=O) groups is 2. The molecule has 2 amide bonds. The van der Waals surface area contributed by atoms with Crippen molar-refractivity contribution in [3.63, 3.8) is 0 Å². The fraction of sp³-hybridized carbons (Fsp3) is 0.310. The number of amides is 2. The molecule has 0 saturated carbocycles. The number of benzene rings is 3. The van der Waals surface area contributed by atoms with Crippen molar-refractivity contribution in [2.45, 2.75) is 18.2 Å². The number of hydrogen-bond donors (Lipinski definition) is 2. The number of sulfonamides is 1. The lowest BCUT2D eigenvalue weighted by Crippen LogP contribution is -2.37. The molecule has 11 heteroatoms. The van der Waals surface area contributed by atoms with Gasteiger partial charge in [0.2, 0.25) is 11.8 Å². The van der Waals surface area contributed by atoms with E-state index in [9.17, 15) is 18.0 Å². The maximum atomic E-state index is 13.7. The smallest absolute Gasteiger partial charge is 0.264 e. The Bertz CT molecular complexity index is 1500. The van der Waals surface area contributed by atoms with E-state index in [1.165, 1.54) is 13.2 Å². The molecule has 3 aromatic rings. The number of rotatable bonds is 8. The van der Waals surface area contributed by atoms with Crippen LogP contribution < -0.4 is 24.6 Å². The summed E-state index contributed by atoms with van der Waals surface area (Å²) in [6.07, 6.45) is 0.0755.